The summed E-state index contributed by atoms with van der Waals surface area (Å²) in [4.78, 5) is 20.4. The third-order valence-corrected chi connectivity index (χ3v) is 7.44. The molecule has 0 unspecified atom stereocenters. The van der Waals surface area contributed by atoms with Crippen molar-refractivity contribution in [1.82, 2.24) is 14.7 Å². The molecule has 2 fully saturated rings. The summed E-state index contributed by atoms with van der Waals surface area (Å²) < 4.78 is 11.6. The Hall–Kier alpha value is -2.97. The molecule has 3 aromatic rings. The van der Waals surface area contributed by atoms with Crippen molar-refractivity contribution in [3.8, 4) is 5.75 Å². The first-order valence-corrected chi connectivity index (χ1v) is 13.5. The van der Waals surface area contributed by atoms with Gasteiger partial charge >= 0.3 is 0 Å². The molecule has 0 atom stereocenters. The number of hydrogen-bond donors (Lipinski definition) is 1. The van der Waals surface area contributed by atoms with E-state index in [1.54, 1.807) is 0 Å². The molecule has 0 radical (unpaired) electrons. The van der Waals surface area contributed by atoms with Crippen molar-refractivity contribution in [1.29, 1.82) is 0 Å². The average Bonchev–Trinajstić information content (AvgIpc) is 2.95. The van der Waals surface area contributed by atoms with Gasteiger partial charge in [0.05, 0.1) is 13.2 Å². The zero-order chi connectivity index (χ0) is 25.5. The molecule has 0 saturated carbocycles. The molecule has 0 aliphatic carbocycles. The average molecular weight is 503 g/mol. The Morgan fingerprint density at radius 3 is 2.27 bits per heavy atom. The van der Waals surface area contributed by atoms with Crippen molar-refractivity contribution in [2.24, 2.45) is 0 Å². The molecule has 7 nitrogen and oxygen atoms in total. The number of carbonyl (C=O) groups excluding carboxylic acids is 1. The van der Waals surface area contributed by atoms with Crippen LogP contribution in [0.3, 0.4) is 0 Å². The fourth-order valence-corrected chi connectivity index (χ4v) is 5.09. The van der Waals surface area contributed by atoms with Crippen LogP contribution in [0.25, 0.3) is 10.8 Å². The fraction of sp³-hybridized carbons (Fsp3) is 0.433. The van der Waals surface area contributed by atoms with E-state index in [0.29, 0.717) is 12.2 Å². The van der Waals surface area contributed by atoms with Gasteiger partial charge < -0.3 is 19.7 Å². The molecule has 2 saturated heterocycles. The second-order valence-electron chi connectivity index (χ2n) is 9.82. The maximum Gasteiger partial charge on any atom is 0.255 e. The number of rotatable bonds is 9. The highest BCUT2D eigenvalue weighted by Crippen LogP contribution is 2.32. The van der Waals surface area contributed by atoms with E-state index in [0.717, 1.165) is 94.3 Å². The van der Waals surface area contributed by atoms with Gasteiger partial charge in [0.1, 0.15) is 12.4 Å². The van der Waals surface area contributed by atoms with Gasteiger partial charge in [-0.2, -0.15) is 0 Å². The van der Waals surface area contributed by atoms with E-state index in [4.69, 9.17) is 9.47 Å². The number of morpholine rings is 1. The number of amides is 1. The maximum atomic E-state index is 13.1. The molecule has 2 aliphatic heterocycles. The van der Waals surface area contributed by atoms with E-state index in [1.165, 1.54) is 5.56 Å². The smallest absolute Gasteiger partial charge is 0.255 e. The molecule has 1 N–H and O–H groups in total. The standard InChI is InChI=1S/C30H38N4O3/c1-2-32-13-15-33(16-14-32)19-22-37-29-12-11-28(26-5-3-4-6-27(26)29)31-30(35)25-9-7-24(8-10-25)23-34-17-20-36-21-18-34/h3-12H,2,13-23H2,1H3,(H,31,35). The molecule has 0 spiro atoms. The van der Waals surface area contributed by atoms with Crippen molar-refractivity contribution >= 4 is 22.4 Å². The number of benzene rings is 3. The monoisotopic (exact) mass is 502 g/mol. The topological polar surface area (TPSA) is 57.3 Å². The van der Waals surface area contributed by atoms with E-state index < -0.39 is 0 Å². The van der Waals surface area contributed by atoms with Crippen molar-refractivity contribution in [2.75, 3.05) is 77.5 Å². The van der Waals surface area contributed by atoms with Crippen LogP contribution in [0.5, 0.6) is 5.75 Å². The first kappa shape index (κ1) is 25.7. The SMILES string of the molecule is CCN1CCN(CCOc2ccc(NC(=O)c3ccc(CN4CCOCC4)cc3)c3ccccc23)CC1. The lowest BCUT2D eigenvalue weighted by Gasteiger charge is -2.33. The van der Waals surface area contributed by atoms with Crippen molar-refractivity contribution in [3.05, 3.63) is 71.8 Å². The number of nitrogens with zero attached hydrogens (tertiary/aromatic N) is 3. The Morgan fingerprint density at radius 2 is 1.54 bits per heavy atom. The zero-order valence-corrected chi connectivity index (χ0v) is 21.8. The summed E-state index contributed by atoms with van der Waals surface area (Å²) >= 11 is 0. The molecule has 2 aliphatic rings. The first-order valence-electron chi connectivity index (χ1n) is 13.5. The quantitative estimate of drug-likeness (QED) is 0.478. The van der Waals surface area contributed by atoms with Gasteiger partial charge in [-0.1, -0.05) is 43.3 Å². The molecule has 5 rings (SSSR count). The summed E-state index contributed by atoms with van der Waals surface area (Å²) in [5.41, 5.74) is 2.65. The third kappa shape index (κ3) is 6.67. The number of anilines is 1. The second kappa shape index (κ2) is 12.5. The van der Waals surface area contributed by atoms with Crippen LogP contribution in [0.4, 0.5) is 5.69 Å². The van der Waals surface area contributed by atoms with Gasteiger partial charge in [0.15, 0.2) is 0 Å². The molecule has 2 heterocycles. The Labute approximate surface area is 219 Å². The number of nitrogens with one attached hydrogen (secondary N) is 1. The van der Waals surface area contributed by atoms with E-state index in [2.05, 4.69) is 33.0 Å². The van der Waals surface area contributed by atoms with Crippen LogP contribution >= 0.6 is 0 Å². The lowest BCUT2D eigenvalue weighted by atomic mass is 10.1. The Kier molecular flexibility index (Phi) is 8.68. The summed E-state index contributed by atoms with van der Waals surface area (Å²) in [6.45, 7) is 13.7. The molecule has 37 heavy (non-hydrogen) atoms. The summed E-state index contributed by atoms with van der Waals surface area (Å²) in [5, 5.41) is 5.10. The molecule has 7 heteroatoms. The van der Waals surface area contributed by atoms with Crippen molar-refractivity contribution in [2.45, 2.75) is 13.5 Å². The molecule has 0 aromatic heterocycles. The highest BCUT2D eigenvalue weighted by atomic mass is 16.5. The van der Waals surface area contributed by atoms with E-state index in [-0.39, 0.29) is 5.91 Å². The number of hydrogen-bond acceptors (Lipinski definition) is 6. The minimum absolute atomic E-state index is 0.108. The van der Waals surface area contributed by atoms with Gasteiger partial charge in [0, 0.05) is 74.4 Å². The van der Waals surface area contributed by atoms with Gasteiger partial charge in [0.25, 0.3) is 5.91 Å². The minimum atomic E-state index is -0.108. The Bertz CT molecular complexity index is 1170. The lowest BCUT2D eigenvalue weighted by molar-refractivity contribution is 0.0342. The normalized spacial score (nSPS) is 17.6. The number of likely N-dealkylation sites (N-methyl/N-ethyl adjacent to an activating group) is 1. The van der Waals surface area contributed by atoms with Gasteiger partial charge in [0.2, 0.25) is 0 Å². The predicted molar refractivity (Wildman–Crippen MR) is 148 cm³/mol. The van der Waals surface area contributed by atoms with Crippen LogP contribution in [0.2, 0.25) is 0 Å². The summed E-state index contributed by atoms with van der Waals surface area (Å²) in [6, 6.07) is 19.9. The summed E-state index contributed by atoms with van der Waals surface area (Å²) in [5.74, 6) is 0.747. The van der Waals surface area contributed by atoms with Crippen LogP contribution in [0.15, 0.2) is 60.7 Å². The summed E-state index contributed by atoms with van der Waals surface area (Å²) in [6.07, 6.45) is 0. The first-order chi connectivity index (χ1) is 18.2. The largest absolute Gasteiger partial charge is 0.492 e. The van der Waals surface area contributed by atoms with Gasteiger partial charge in [-0.05, 0) is 36.4 Å². The number of carbonyl (C=O) groups is 1. The fourth-order valence-electron chi connectivity index (χ4n) is 5.09. The Morgan fingerprint density at radius 1 is 0.838 bits per heavy atom. The molecule has 0 bridgehead atoms. The van der Waals surface area contributed by atoms with E-state index in [9.17, 15) is 4.79 Å². The predicted octanol–water partition coefficient (Wildman–Crippen LogP) is 3.94. The number of piperazine rings is 1. The van der Waals surface area contributed by atoms with Crippen LogP contribution in [-0.4, -0.2) is 92.8 Å². The molecule has 3 aromatic carbocycles. The Balaban J connectivity index is 1.20. The summed E-state index contributed by atoms with van der Waals surface area (Å²) in [7, 11) is 0. The van der Waals surface area contributed by atoms with Gasteiger partial charge in [-0.3, -0.25) is 14.6 Å². The van der Waals surface area contributed by atoms with Crippen LogP contribution in [0, 0.1) is 0 Å². The van der Waals surface area contributed by atoms with Gasteiger partial charge in [-0.25, -0.2) is 0 Å². The van der Waals surface area contributed by atoms with E-state index >= 15 is 0 Å². The minimum Gasteiger partial charge on any atom is -0.492 e. The van der Waals surface area contributed by atoms with Crippen LogP contribution in [-0.2, 0) is 11.3 Å². The third-order valence-electron chi connectivity index (χ3n) is 7.44. The number of fused-ring (bicyclic) bond motifs is 1. The van der Waals surface area contributed by atoms with Crippen LogP contribution < -0.4 is 10.1 Å². The lowest BCUT2D eigenvalue weighted by Crippen LogP contribution is -2.47. The number of ether oxygens (including phenoxy) is 2. The molecular weight excluding hydrogens is 464 g/mol. The van der Waals surface area contributed by atoms with Crippen molar-refractivity contribution in [3.63, 3.8) is 0 Å². The van der Waals surface area contributed by atoms with Gasteiger partial charge in [-0.15, -0.1) is 0 Å². The molecular formula is C30H38N4O3. The highest BCUT2D eigenvalue weighted by molar-refractivity contribution is 6.10. The van der Waals surface area contributed by atoms with E-state index in [1.807, 2.05) is 54.6 Å². The maximum absolute atomic E-state index is 13.1. The highest BCUT2D eigenvalue weighted by Gasteiger charge is 2.16. The zero-order valence-electron chi connectivity index (χ0n) is 21.8. The molecule has 1 amide bonds. The van der Waals surface area contributed by atoms with Crippen LogP contribution in [0.1, 0.15) is 22.8 Å². The second-order valence-corrected chi connectivity index (χ2v) is 9.82. The van der Waals surface area contributed by atoms with Crippen molar-refractivity contribution < 1.29 is 14.3 Å². The molecule has 196 valence electrons.